The van der Waals surface area contributed by atoms with E-state index in [-0.39, 0.29) is 24.1 Å². The van der Waals surface area contributed by atoms with Crippen LogP contribution in [0.1, 0.15) is 32.6 Å². The van der Waals surface area contributed by atoms with E-state index in [4.69, 9.17) is 0 Å². The Kier molecular flexibility index (Phi) is 3.59. The summed E-state index contributed by atoms with van der Waals surface area (Å²) in [7, 11) is -3.19. The molecule has 2 rings (SSSR count). The number of amides is 3. The molecule has 0 aromatic rings. The molecule has 0 unspecified atom stereocenters. The molecule has 1 aliphatic heterocycles. The molecule has 0 radical (unpaired) electrons. The second-order valence-corrected chi connectivity index (χ2v) is 7.89. The Morgan fingerprint density at radius 1 is 1.37 bits per heavy atom. The molecule has 1 heterocycles. The number of hydrogen-bond donors (Lipinski definition) is 1. The van der Waals surface area contributed by atoms with Crippen molar-refractivity contribution in [2.24, 2.45) is 5.92 Å². The zero-order chi connectivity index (χ0) is 14.3. The van der Waals surface area contributed by atoms with Gasteiger partial charge in [0.25, 0.3) is 5.91 Å². The average molecular weight is 288 g/mol. The first-order chi connectivity index (χ1) is 8.76. The first-order valence-electron chi connectivity index (χ1n) is 6.58. The number of hydrogen-bond acceptors (Lipinski definition) is 4. The second-order valence-electron chi connectivity index (χ2n) is 5.64. The lowest BCUT2D eigenvalue weighted by Gasteiger charge is -2.36. The van der Waals surface area contributed by atoms with Gasteiger partial charge >= 0.3 is 6.03 Å². The van der Waals surface area contributed by atoms with Gasteiger partial charge in [-0.25, -0.2) is 13.2 Å². The van der Waals surface area contributed by atoms with Crippen LogP contribution in [-0.2, 0) is 14.6 Å². The van der Waals surface area contributed by atoms with Crippen LogP contribution in [0.3, 0.4) is 0 Å². The molecule has 108 valence electrons. The van der Waals surface area contributed by atoms with Crippen LogP contribution in [0.4, 0.5) is 4.79 Å². The minimum Gasteiger partial charge on any atom is -0.323 e. The van der Waals surface area contributed by atoms with Gasteiger partial charge in [0.15, 0.2) is 0 Å². The lowest BCUT2D eigenvalue weighted by Crippen LogP contribution is -2.54. The monoisotopic (exact) mass is 288 g/mol. The molecule has 7 heteroatoms. The van der Waals surface area contributed by atoms with Gasteiger partial charge in [-0.15, -0.1) is 0 Å². The first kappa shape index (κ1) is 14.3. The van der Waals surface area contributed by atoms with Crippen LogP contribution < -0.4 is 5.32 Å². The zero-order valence-electron chi connectivity index (χ0n) is 11.3. The number of carbonyl (C=O) groups is 2. The topological polar surface area (TPSA) is 83.6 Å². The summed E-state index contributed by atoms with van der Waals surface area (Å²) >= 11 is 0. The highest BCUT2D eigenvalue weighted by Gasteiger charge is 2.54. The first-order valence-corrected chi connectivity index (χ1v) is 8.64. The number of imide groups is 1. The van der Waals surface area contributed by atoms with Crippen molar-refractivity contribution in [2.45, 2.75) is 38.1 Å². The lowest BCUT2D eigenvalue weighted by atomic mass is 9.73. The highest BCUT2D eigenvalue weighted by Crippen LogP contribution is 2.38. The van der Waals surface area contributed by atoms with Gasteiger partial charge in [0, 0.05) is 12.8 Å². The number of sulfone groups is 1. The molecule has 0 aromatic heterocycles. The Bertz CT molecular complexity index is 502. The number of rotatable bonds is 3. The average Bonchev–Trinajstić information content (AvgIpc) is 2.53. The minimum atomic E-state index is -3.19. The predicted molar refractivity (Wildman–Crippen MR) is 70.3 cm³/mol. The van der Waals surface area contributed by atoms with E-state index in [0.717, 1.165) is 30.4 Å². The molecule has 3 amide bonds. The van der Waals surface area contributed by atoms with Gasteiger partial charge in [-0.3, -0.25) is 9.69 Å². The van der Waals surface area contributed by atoms with E-state index in [1.807, 2.05) is 6.92 Å². The fraction of sp³-hybridized carbons (Fsp3) is 0.833. The van der Waals surface area contributed by atoms with Crippen LogP contribution in [0.15, 0.2) is 0 Å². The molecule has 6 nitrogen and oxygen atoms in total. The lowest BCUT2D eigenvalue weighted by molar-refractivity contribution is -0.134. The predicted octanol–water partition coefficient (Wildman–Crippen LogP) is 0.532. The molecule has 1 saturated carbocycles. The van der Waals surface area contributed by atoms with Crippen LogP contribution in [0.25, 0.3) is 0 Å². The molecular formula is C12H20N2O4S. The van der Waals surface area contributed by atoms with Crippen molar-refractivity contribution < 1.29 is 18.0 Å². The van der Waals surface area contributed by atoms with Gasteiger partial charge in [-0.1, -0.05) is 19.8 Å². The molecule has 1 saturated heterocycles. The van der Waals surface area contributed by atoms with Gasteiger partial charge in [-0.05, 0) is 18.8 Å². The van der Waals surface area contributed by atoms with Crippen LogP contribution in [0.2, 0.25) is 0 Å². The number of nitrogens with zero attached hydrogens (tertiary/aromatic N) is 1. The SMILES string of the molecule is C[C@H]1CCCC[C@]12NC(=O)N(CCS(C)(=O)=O)C2=O. The van der Waals surface area contributed by atoms with Crippen molar-refractivity contribution in [1.82, 2.24) is 10.2 Å². The summed E-state index contributed by atoms with van der Waals surface area (Å²) in [4.78, 5) is 25.4. The maximum atomic E-state index is 12.5. The number of carbonyl (C=O) groups excluding carboxylic acids is 2. The summed E-state index contributed by atoms with van der Waals surface area (Å²) in [6, 6.07) is -0.456. The van der Waals surface area contributed by atoms with Crippen LogP contribution in [0, 0.1) is 5.92 Å². The fourth-order valence-corrected chi connectivity index (χ4v) is 3.47. The van der Waals surface area contributed by atoms with Gasteiger partial charge in [0.1, 0.15) is 15.4 Å². The zero-order valence-corrected chi connectivity index (χ0v) is 12.1. The highest BCUT2D eigenvalue weighted by atomic mass is 32.2. The van der Waals surface area contributed by atoms with Crippen molar-refractivity contribution in [3.8, 4) is 0 Å². The van der Waals surface area contributed by atoms with Crippen molar-refractivity contribution in [1.29, 1.82) is 0 Å². The standard InChI is InChI=1S/C12H20N2O4S/c1-9-5-3-4-6-12(9)10(15)14(11(16)13-12)7-8-19(2,17)18/h9H,3-8H2,1-2H3,(H,13,16)/t9-,12-/m0/s1. The maximum Gasteiger partial charge on any atom is 0.325 e. The van der Waals surface area contributed by atoms with Crippen molar-refractivity contribution >= 4 is 21.8 Å². The normalized spacial score (nSPS) is 31.9. The highest BCUT2D eigenvalue weighted by molar-refractivity contribution is 7.90. The van der Waals surface area contributed by atoms with E-state index in [0.29, 0.717) is 6.42 Å². The van der Waals surface area contributed by atoms with E-state index < -0.39 is 21.4 Å². The van der Waals surface area contributed by atoms with E-state index in [2.05, 4.69) is 5.32 Å². The molecule has 19 heavy (non-hydrogen) atoms. The van der Waals surface area contributed by atoms with E-state index in [1.54, 1.807) is 0 Å². The molecule has 2 aliphatic rings. The second kappa shape index (κ2) is 4.77. The van der Waals surface area contributed by atoms with Gasteiger partial charge in [-0.2, -0.15) is 0 Å². The van der Waals surface area contributed by atoms with Crippen LogP contribution in [0.5, 0.6) is 0 Å². The Hall–Kier alpha value is -1.11. The molecule has 1 N–H and O–H groups in total. The summed E-state index contributed by atoms with van der Waals surface area (Å²) in [6.07, 6.45) is 4.64. The summed E-state index contributed by atoms with van der Waals surface area (Å²) in [6.45, 7) is 1.91. The molecular weight excluding hydrogens is 268 g/mol. The van der Waals surface area contributed by atoms with Crippen molar-refractivity contribution in [3.63, 3.8) is 0 Å². The summed E-state index contributed by atoms with van der Waals surface area (Å²) < 4.78 is 22.3. The van der Waals surface area contributed by atoms with Crippen LogP contribution >= 0.6 is 0 Å². The quantitative estimate of drug-likeness (QED) is 0.768. The Balaban J connectivity index is 2.16. The third-order valence-electron chi connectivity index (χ3n) is 4.19. The smallest absolute Gasteiger partial charge is 0.323 e. The van der Waals surface area contributed by atoms with E-state index in [1.165, 1.54) is 0 Å². The Morgan fingerprint density at radius 2 is 2.05 bits per heavy atom. The number of nitrogens with one attached hydrogen (secondary N) is 1. The third kappa shape index (κ3) is 2.61. The van der Waals surface area contributed by atoms with E-state index in [9.17, 15) is 18.0 Å². The molecule has 1 spiro atoms. The molecule has 2 atom stereocenters. The maximum absolute atomic E-state index is 12.5. The van der Waals surface area contributed by atoms with Crippen LogP contribution in [-0.4, -0.2) is 49.3 Å². The van der Waals surface area contributed by atoms with Gasteiger partial charge in [0.05, 0.1) is 5.75 Å². The molecule has 2 fully saturated rings. The molecule has 1 aliphatic carbocycles. The summed E-state index contributed by atoms with van der Waals surface area (Å²) in [5, 5.41) is 2.80. The summed E-state index contributed by atoms with van der Waals surface area (Å²) in [5.41, 5.74) is -0.799. The molecule has 0 aromatic carbocycles. The number of urea groups is 1. The van der Waals surface area contributed by atoms with Crippen molar-refractivity contribution in [3.05, 3.63) is 0 Å². The Morgan fingerprint density at radius 3 is 2.63 bits per heavy atom. The van der Waals surface area contributed by atoms with Gasteiger partial charge < -0.3 is 5.32 Å². The van der Waals surface area contributed by atoms with Crippen molar-refractivity contribution in [2.75, 3.05) is 18.6 Å². The van der Waals surface area contributed by atoms with Gasteiger partial charge in [0.2, 0.25) is 0 Å². The fourth-order valence-electron chi connectivity index (χ4n) is 2.96. The third-order valence-corrected chi connectivity index (χ3v) is 5.11. The van der Waals surface area contributed by atoms with E-state index >= 15 is 0 Å². The summed E-state index contributed by atoms with van der Waals surface area (Å²) in [5.74, 6) is -0.342. The Labute approximate surface area is 113 Å². The largest absolute Gasteiger partial charge is 0.325 e. The minimum absolute atomic E-state index is 0.0576. The molecule has 0 bridgehead atoms.